The molecule has 0 bridgehead atoms. The zero-order valence-electron chi connectivity index (χ0n) is 18.2. The van der Waals surface area contributed by atoms with Crippen LogP contribution < -0.4 is 15.9 Å². The fourth-order valence-corrected chi connectivity index (χ4v) is 4.80. The molecular weight excluding hydrogens is 442 g/mol. The van der Waals surface area contributed by atoms with Crippen molar-refractivity contribution >= 4 is 40.3 Å². The number of aromatic amines is 2. The van der Waals surface area contributed by atoms with Crippen LogP contribution in [0.3, 0.4) is 0 Å². The summed E-state index contributed by atoms with van der Waals surface area (Å²) in [6, 6.07) is 9.03. The molecule has 1 amide bonds. The number of fused-ring (bicyclic) bond motifs is 1. The Morgan fingerprint density at radius 1 is 1.18 bits per heavy atom. The van der Waals surface area contributed by atoms with E-state index in [4.69, 9.17) is 4.42 Å². The maximum absolute atomic E-state index is 12.9. The maximum atomic E-state index is 12.9. The second kappa shape index (κ2) is 9.18. The summed E-state index contributed by atoms with van der Waals surface area (Å²) in [6.07, 6.45) is 5.14. The van der Waals surface area contributed by atoms with Gasteiger partial charge in [-0.15, -0.1) is 10.2 Å². The van der Waals surface area contributed by atoms with Crippen LogP contribution in [0.2, 0.25) is 0 Å². The number of imidazole rings is 1. The number of hydrogen-bond acceptors (Lipinski definition) is 7. The second-order valence-corrected chi connectivity index (χ2v) is 9.39. The number of anilines is 2. The van der Waals surface area contributed by atoms with Crippen molar-refractivity contribution in [2.45, 2.75) is 43.1 Å². The van der Waals surface area contributed by atoms with Crippen molar-refractivity contribution in [1.29, 1.82) is 0 Å². The zero-order chi connectivity index (χ0) is 22.8. The van der Waals surface area contributed by atoms with E-state index in [1.165, 1.54) is 18.2 Å². The second-order valence-electron chi connectivity index (χ2n) is 8.08. The zero-order valence-corrected chi connectivity index (χ0v) is 19.0. The van der Waals surface area contributed by atoms with Crippen LogP contribution in [0.5, 0.6) is 0 Å². The molecule has 1 fully saturated rings. The Balaban J connectivity index is 1.33. The third-order valence-corrected chi connectivity index (χ3v) is 6.75. The highest BCUT2D eigenvalue weighted by Gasteiger charge is 2.24. The summed E-state index contributed by atoms with van der Waals surface area (Å²) in [6.45, 7) is 4.23. The number of hydrogen-bond donors (Lipinski definition) is 3. The lowest BCUT2D eigenvalue weighted by Crippen LogP contribution is -2.32. The molecule has 1 aliphatic rings. The predicted octanol–water partition coefficient (Wildman–Crippen LogP) is 3.20. The summed E-state index contributed by atoms with van der Waals surface area (Å²) >= 11 is 1.36. The maximum Gasteiger partial charge on any atom is 0.323 e. The molecule has 0 saturated carbocycles. The normalized spacial score (nSPS) is 15.1. The number of nitrogens with zero attached hydrogens (tertiary/aromatic N) is 4. The van der Waals surface area contributed by atoms with Crippen LogP contribution in [-0.2, 0) is 11.3 Å². The highest BCUT2D eigenvalue weighted by atomic mass is 32.2. The number of carbonyl (C=O) groups excluding carboxylic acids is 1. The Bertz CT molecular complexity index is 1300. The van der Waals surface area contributed by atoms with E-state index in [0.29, 0.717) is 28.4 Å². The Morgan fingerprint density at radius 3 is 2.79 bits per heavy atom. The van der Waals surface area contributed by atoms with Crippen molar-refractivity contribution in [3.05, 3.63) is 52.8 Å². The van der Waals surface area contributed by atoms with Gasteiger partial charge in [-0.3, -0.25) is 9.36 Å². The Morgan fingerprint density at radius 2 is 2.00 bits per heavy atom. The Labute approximate surface area is 193 Å². The number of thioether (sulfide) groups is 1. The molecule has 33 heavy (non-hydrogen) atoms. The van der Waals surface area contributed by atoms with Crippen LogP contribution in [0, 0.1) is 0 Å². The van der Waals surface area contributed by atoms with Crippen LogP contribution >= 0.6 is 11.8 Å². The van der Waals surface area contributed by atoms with Gasteiger partial charge in [0.05, 0.1) is 29.1 Å². The number of H-pyrrole nitrogens is 2. The molecular formula is C22H25N7O3S. The lowest BCUT2D eigenvalue weighted by molar-refractivity contribution is -0.115. The molecule has 172 valence electrons. The van der Waals surface area contributed by atoms with Gasteiger partial charge in [0.25, 0.3) is 0 Å². The molecule has 3 aromatic heterocycles. The fourth-order valence-electron chi connectivity index (χ4n) is 3.96. The van der Waals surface area contributed by atoms with Gasteiger partial charge in [0.1, 0.15) is 5.76 Å². The smallest absolute Gasteiger partial charge is 0.323 e. The lowest BCUT2D eigenvalue weighted by Gasteiger charge is -2.27. The van der Waals surface area contributed by atoms with Crippen LogP contribution in [0.1, 0.15) is 31.9 Å². The summed E-state index contributed by atoms with van der Waals surface area (Å²) < 4.78 is 7.58. The number of aromatic nitrogens is 5. The summed E-state index contributed by atoms with van der Waals surface area (Å²) in [7, 11) is 0. The number of rotatable bonds is 7. The van der Waals surface area contributed by atoms with E-state index < -0.39 is 5.25 Å². The number of furan rings is 1. The SMILES string of the molecule is C[C@@H](Sc1nnc(N2CCCCC2)n1Cc1ccco1)C(=O)Nc1ccc2[nH]c(=O)[nH]c2c1. The van der Waals surface area contributed by atoms with Gasteiger partial charge < -0.3 is 24.6 Å². The molecule has 1 atom stereocenters. The molecule has 1 saturated heterocycles. The van der Waals surface area contributed by atoms with Gasteiger partial charge in [-0.25, -0.2) is 4.79 Å². The first-order chi connectivity index (χ1) is 16.1. The minimum atomic E-state index is -0.417. The third-order valence-electron chi connectivity index (χ3n) is 5.67. The van der Waals surface area contributed by atoms with Gasteiger partial charge >= 0.3 is 5.69 Å². The van der Waals surface area contributed by atoms with E-state index in [0.717, 1.165) is 37.6 Å². The predicted molar refractivity (Wildman–Crippen MR) is 127 cm³/mol. The van der Waals surface area contributed by atoms with E-state index in [-0.39, 0.29) is 11.6 Å². The largest absolute Gasteiger partial charge is 0.467 e. The standard InChI is InChI=1S/C22H25N7O3S/c1-14(19(30)23-15-7-8-17-18(12-15)25-20(31)24-17)33-22-27-26-21(28-9-3-2-4-10-28)29(22)13-16-6-5-11-32-16/h5-8,11-12,14H,2-4,9-10,13H2,1H3,(H,23,30)(H2,24,25,31)/t14-/m1/s1. The van der Waals surface area contributed by atoms with Crippen molar-refractivity contribution < 1.29 is 9.21 Å². The summed E-state index contributed by atoms with van der Waals surface area (Å²) in [4.78, 5) is 32.0. The minimum absolute atomic E-state index is 0.163. The monoisotopic (exact) mass is 467 g/mol. The number of benzene rings is 1. The highest BCUT2D eigenvalue weighted by molar-refractivity contribution is 8.00. The molecule has 0 spiro atoms. The summed E-state index contributed by atoms with van der Waals surface area (Å²) in [5.74, 6) is 1.45. The van der Waals surface area contributed by atoms with Crippen LogP contribution in [0.4, 0.5) is 11.6 Å². The van der Waals surface area contributed by atoms with Crippen molar-refractivity contribution in [3.63, 3.8) is 0 Å². The topological polar surface area (TPSA) is 125 Å². The highest BCUT2D eigenvalue weighted by Crippen LogP contribution is 2.29. The van der Waals surface area contributed by atoms with Crippen molar-refractivity contribution in [3.8, 4) is 0 Å². The molecule has 0 unspecified atom stereocenters. The molecule has 1 aromatic carbocycles. The van der Waals surface area contributed by atoms with E-state index in [1.807, 2.05) is 23.6 Å². The van der Waals surface area contributed by atoms with Crippen molar-refractivity contribution in [1.82, 2.24) is 24.7 Å². The van der Waals surface area contributed by atoms with Crippen LogP contribution in [0.25, 0.3) is 11.0 Å². The number of amides is 1. The molecule has 1 aliphatic heterocycles. The average Bonchev–Trinajstić information content (AvgIpc) is 3.55. The first-order valence-corrected chi connectivity index (χ1v) is 11.8. The fraction of sp³-hybridized carbons (Fsp3) is 0.364. The Kier molecular flexibility index (Phi) is 5.95. The molecule has 11 heteroatoms. The van der Waals surface area contributed by atoms with Crippen molar-refractivity contribution in [2.24, 2.45) is 0 Å². The van der Waals surface area contributed by atoms with E-state index in [1.54, 1.807) is 24.5 Å². The average molecular weight is 468 g/mol. The minimum Gasteiger partial charge on any atom is -0.467 e. The molecule has 0 radical (unpaired) electrons. The van der Waals surface area contributed by atoms with Crippen LogP contribution in [-0.4, -0.2) is 49.0 Å². The molecule has 5 rings (SSSR count). The molecule has 4 heterocycles. The molecule has 3 N–H and O–H groups in total. The van der Waals surface area contributed by atoms with E-state index in [2.05, 4.69) is 30.4 Å². The molecule has 10 nitrogen and oxygen atoms in total. The van der Waals surface area contributed by atoms with Gasteiger partial charge in [0.2, 0.25) is 11.9 Å². The molecule has 4 aromatic rings. The first-order valence-electron chi connectivity index (χ1n) is 11.0. The number of carbonyl (C=O) groups is 1. The van der Waals surface area contributed by atoms with Gasteiger partial charge in [-0.05, 0) is 56.5 Å². The van der Waals surface area contributed by atoms with Crippen molar-refractivity contribution in [2.75, 3.05) is 23.3 Å². The third kappa shape index (κ3) is 4.68. The van der Waals surface area contributed by atoms with Gasteiger partial charge in [0.15, 0.2) is 5.16 Å². The first kappa shape index (κ1) is 21.4. The van der Waals surface area contributed by atoms with E-state index in [9.17, 15) is 9.59 Å². The van der Waals surface area contributed by atoms with Gasteiger partial charge in [0, 0.05) is 18.8 Å². The lowest BCUT2D eigenvalue weighted by atomic mass is 10.1. The number of nitrogens with one attached hydrogen (secondary N) is 3. The summed E-state index contributed by atoms with van der Waals surface area (Å²) in [5.41, 5.74) is 1.67. The van der Waals surface area contributed by atoms with Gasteiger partial charge in [-0.1, -0.05) is 11.8 Å². The Hall–Kier alpha value is -3.47. The van der Waals surface area contributed by atoms with E-state index >= 15 is 0 Å². The van der Waals surface area contributed by atoms with Gasteiger partial charge in [-0.2, -0.15) is 0 Å². The quantitative estimate of drug-likeness (QED) is 0.357. The number of piperidine rings is 1. The summed E-state index contributed by atoms with van der Waals surface area (Å²) in [5, 5.41) is 12.0. The molecule has 0 aliphatic carbocycles. The van der Waals surface area contributed by atoms with Crippen LogP contribution in [0.15, 0.2) is 51.0 Å².